The van der Waals surface area contributed by atoms with Crippen molar-refractivity contribution in [2.75, 3.05) is 6.54 Å². The van der Waals surface area contributed by atoms with Crippen LogP contribution in [-0.2, 0) is 4.79 Å². The van der Waals surface area contributed by atoms with Crippen molar-refractivity contribution in [3.63, 3.8) is 0 Å². The maximum Gasteiger partial charge on any atom is 0.408 e. The number of likely N-dealkylation sites (tertiary alicyclic amines) is 1. The van der Waals surface area contributed by atoms with Gasteiger partial charge in [0.15, 0.2) is 5.78 Å². The van der Waals surface area contributed by atoms with Crippen LogP contribution in [0.5, 0.6) is 0 Å². The summed E-state index contributed by atoms with van der Waals surface area (Å²) in [4.78, 5) is 23.5. The van der Waals surface area contributed by atoms with Gasteiger partial charge in [-0.05, 0) is 5.41 Å². The highest BCUT2D eigenvalue weighted by Gasteiger charge is 2.54. The summed E-state index contributed by atoms with van der Waals surface area (Å²) in [6, 6.07) is 0. The van der Waals surface area contributed by atoms with Gasteiger partial charge in [-0.15, -0.1) is 6.42 Å². The van der Waals surface area contributed by atoms with Crippen molar-refractivity contribution in [2.45, 2.75) is 32.7 Å². The van der Waals surface area contributed by atoms with Crippen LogP contribution in [0.25, 0.3) is 0 Å². The van der Waals surface area contributed by atoms with Gasteiger partial charge in [-0.1, -0.05) is 26.7 Å². The minimum atomic E-state index is -1.13. The maximum absolute atomic E-state index is 11.4. The van der Waals surface area contributed by atoms with Gasteiger partial charge in [0.2, 0.25) is 0 Å². The number of hydrogen-bond donors (Lipinski definition) is 1. The Morgan fingerprint density at radius 2 is 2.13 bits per heavy atom. The topological polar surface area (TPSA) is 57.6 Å². The summed E-state index contributed by atoms with van der Waals surface area (Å²) >= 11 is 0. The second-order valence-corrected chi connectivity index (χ2v) is 4.84. The molecule has 1 fully saturated rings. The van der Waals surface area contributed by atoms with Crippen LogP contribution in [0.3, 0.4) is 0 Å². The Balaban J connectivity index is 3.24. The average Bonchev–Trinajstić information content (AvgIpc) is 2.42. The molecular formula is C11H15NO3. The number of Topliss-reactive ketones (excluding diaryl/α,β-unsaturated/α-hetero) is 1. The Kier molecular flexibility index (Phi) is 2.52. The molecule has 0 spiro atoms. The zero-order chi connectivity index (χ0) is 11.9. The summed E-state index contributed by atoms with van der Waals surface area (Å²) in [5.41, 5.74) is -1.46. The molecule has 1 N–H and O–H groups in total. The summed E-state index contributed by atoms with van der Waals surface area (Å²) in [5.74, 6) is 2.38. The quantitative estimate of drug-likeness (QED) is 0.613. The second-order valence-electron chi connectivity index (χ2n) is 4.84. The molecule has 1 saturated heterocycles. The van der Waals surface area contributed by atoms with E-state index in [2.05, 4.69) is 5.92 Å². The zero-order valence-corrected chi connectivity index (χ0v) is 9.20. The van der Waals surface area contributed by atoms with Gasteiger partial charge in [-0.2, -0.15) is 0 Å². The van der Waals surface area contributed by atoms with Crippen molar-refractivity contribution in [2.24, 2.45) is 5.41 Å². The molecule has 1 rings (SSSR count). The predicted molar refractivity (Wildman–Crippen MR) is 55.4 cm³/mol. The summed E-state index contributed by atoms with van der Waals surface area (Å²) in [5, 5.41) is 9.04. The lowest BCUT2D eigenvalue weighted by Gasteiger charge is -2.42. The van der Waals surface area contributed by atoms with Crippen molar-refractivity contribution in [1.29, 1.82) is 0 Å². The van der Waals surface area contributed by atoms with E-state index in [0.717, 1.165) is 4.90 Å². The molecule has 0 aromatic rings. The van der Waals surface area contributed by atoms with Gasteiger partial charge in [-0.3, -0.25) is 9.69 Å². The molecule has 0 radical (unpaired) electrons. The number of carbonyl (C=O) groups excluding carboxylic acids is 1. The Morgan fingerprint density at radius 1 is 1.60 bits per heavy atom. The molecule has 4 nitrogen and oxygen atoms in total. The summed E-state index contributed by atoms with van der Waals surface area (Å²) in [6.45, 7) is 5.45. The molecule has 1 aliphatic heterocycles. The molecule has 1 atom stereocenters. The Bertz CT molecular complexity index is 348. The molecule has 0 bridgehead atoms. The first-order chi connectivity index (χ1) is 6.74. The summed E-state index contributed by atoms with van der Waals surface area (Å²) in [6.07, 6.45) is 4.42. The SMILES string of the molecule is C#C[C@]1(C(C)(C)C)CC(=O)CN1C(=O)O. The number of amides is 1. The van der Waals surface area contributed by atoms with Gasteiger partial charge in [0.25, 0.3) is 0 Å². The van der Waals surface area contributed by atoms with E-state index >= 15 is 0 Å². The zero-order valence-electron chi connectivity index (χ0n) is 9.20. The van der Waals surface area contributed by atoms with Gasteiger partial charge >= 0.3 is 6.09 Å². The fraction of sp³-hybridized carbons (Fsp3) is 0.636. The van der Waals surface area contributed by atoms with Crippen molar-refractivity contribution in [3.05, 3.63) is 0 Å². The highest BCUT2D eigenvalue weighted by Crippen LogP contribution is 2.41. The minimum Gasteiger partial charge on any atom is -0.465 e. The first kappa shape index (κ1) is 11.6. The van der Waals surface area contributed by atoms with Crippen LogP contribution >= 0.6 is 0 Å². The fourth-order valence-corrected chi connectivity index (χ4v) is 1.99. The fourth-order valence-electron chi connectivity index (χ4n) is 1.99. The molecule has 82 valence electrons. The maximum atomic E-state index is 11.4. The van der Waals surface area contributed by atoms with E-state index in [1.807, 2.05) is 20.8 Å². The standard InChI is InChI=1S/C11H15NO3/c1-5-11(10(2,3)4)6-8(13)7-12(11)9(14)15/h1H,6-7H2,2-4H3,(H,14,15)/t11-/m1/s1. The van der Waals surface area contributed by atoms with Crippen LogP contribution in [0.1, 0.15) is 27.2 Å². The van der Waals surface area contributed by atoms with Crippen molar-refractivity contribution < 1.29 is 14.7 Å². The van der Waals surface area contributed by atoms with E-state index in [9.17, 15) is 9.59 Å². The minimum absolute atomic E-state index is 0.100. The van der Waals surface area contributed by atoms with Crippen LogP contribution in [-0.4, -0.2) is 34.0 Å². The molecular weight excluding hydrogens is 194 g/mol. The van der Waals surface area contributed by atoms with Crippen LogP contribution < -0.4 is 0 Å². The molecule has 0 aliphatic carbocycles. The molecule has 1 aliphatic rings. The van der Waals surface area contributed by atoms with Gasteiger partial charge in [-0.25, -0.2) is 4.79 Å². The third-order valence-electron chi connectivity index (χ3n) is 2.96. The van der Waals surface area contributed by atoms with Gasteiger partial charge in [0, 0.05) is 6.42 Å². The number of carbonyl (C=O) groups is 2. The first-order valence-electron chi connectivity index (χ1n) is 4.74. The van der Waals surface area contributed by atoms with Crippen LogP contribution in [0.15, 0.2) is 0 Å². The molecule has 1 heterocycles. The molecule has 4 heteroatoms. The van der Waals surface area contributed by atoms with Gasteiger partial charge in [0.1, 0.15) is 5.54 Å². The largest absolute Gasteiger partial charge is 0.465 e. The van der Waals surface area contributed by atoms with Crippen LogP contribution in [0, 0.1) is 17.8 Å². The predicted octanol–water partition coefficient (Wildman–Crippen LogP) is 1.36. The first-order valence-corrected chi connectivity index (χ1v) is 4.74. The monoisotopic (exact) mass is 209 g/mol. The van der Waals surface area contributed by atoms with Crippen LogP contribution in [0.2, 0.25) is 0 Å². The molecule has 15 heavy (non-hydrogen) atoms. The van der Waals surface area contributed by atoms with Gasteiger partial charge < -0.3 is 5.11 Å². The van der Waals surface area contributed by atoms with E-state index in [0.29, 0.717) is 0 Å². The molecule has 1 amide bonds. The van der Waals surface area contributed by atoms with E-state index < -0.39 is 17.0 Å². The smallest absolute Gasteiger partial charge is 0.408 e. The van der Waals surface area contributed by atoms with E-state index in [1.165, 1.54) is 0 Å². The number of hydrogen-bond acceptors (Lipinski definition) is 2. The van der Waals surface area contributed by atoms with Crippen molar-refractivity contribution in [3.8, 4) is 12.3 Å². The van der Waals surface area contributed by atoms with Crippen molar-refractivity contribution >= 4 is 11.9 Å². The van der Waals surface area contributed by atoms with Crippen LogP contribution in [0.4, 0.5) is 4.79 Å². The average molecular weight is 209 g/mol. The number of carboxylic acid groups (broad SMARTS) is 1. The third-order valence-corrected chi connectivity index (χ3v) is 2.96. The number of rotatable bonds is 0. The van der Waals surface area contributed by atoms with E-state index in [1.54, 1.807) is 0 Å². The number of terminal acetylenes is 1. The lowest BCUT2D eigenvalue weighted by molar-refractivity contribution is -0.117. The van der Waals surface area contributed by atoms with Crippen molar-refractivity contribution in [1.82, 2.24) is 4.90 Å². The normalized spacial score (nSPS) is 26.5. The molecule has 0 unspecified atom stereocenters. The third kappa shape index (κ3) is 1.58. The lowest BCUT2D eigenvalue weighted by atomic mass is 9.72. The molecule has 0 aromatic carbocycles. The number of nitrogens with zero attached hydrogens (tertiary/aromatic N) is 1. The lowest BCUT2D eigenvalue weighted by Crippen LogP contribution is -2.54. The summed E-state index contributed by atoms with van der Waals surface area (Å²) < 4.78 is 0. The number of ketones is 1. The second kappa shape index (κ2) is 3.27. The van der Waals surface area contributed by atoms with E-state index in [4.69, 9.17) is 11.5 Å². The molecule has 0 aromatic heterocycles. The summed E-state index contributed by atoms with van der Waals surface area (Å²) in [7, 11) is 0. The Hall–Kier alpha value is -1.50. The highest BCUT2D eigenvalue weighted by atomic mass is 16.4. The molecule has 0 saturated carbocycles. The van der Waals surface area contributed by atoms with E-state index in [-0.39, 0.29) is 18.7 Å². The Labute approximate surface area is 89.3 Å². The van der Waals surface area contributed by atoms with Gasteiger partial charge in [0.05, 0.1) is 6.54 Å². The Morgan fingerprint density at radius 3 is 2.40 bits per heavy atom. The highest BCUT2D eigenvalue weighted by molar-refractivity contribution is 5.90.